The number of likely N-dealkylation sites (tertiary alicyclic amines) is 1. The number of carbonyl (C=O) groups is 2. The van der Waals surface area contributed by atoms with Crippen molar-refractivity contribution in [3.8, 4) is 6.07 Å². The number of pyridine rings is 1. The van der Waals surface area contributed by atoms with Gasteiger partial charge in [0.1, 0.15) is 12.6 Å². The summed E-state index contributed by atoms with van der Waals surface area (Å²) in [6, 6.07) is 21.8. The summed E-state index contributed by atoms with van der Waals surface area (Å²) >= 11 is 12.0. The molecule has 10 heteroatoms. The maximum Gasteiger partial charge on any atom is 0.254 e. The van der Waals surface area contributed by atoms with Gasteiger partial charge in [-0.25, -0.2) is 0 Å². The summed E-state index contributed by atoms with van der Waals surface area (Å²) in [6.45, 7) is 0.256. The average molecular weight is 558 g/mol. The van der Waals surface area contributed by atoms with Gasteiger partial charge in [0.2, 0.25) is 5.91 Å². The molecule has 2 heterocycles. The molecule has 0 spiro atoms. The van der Waals surface area contributed by atoms with E-state index >= 15 is 0 Å². The van der Waals surface area contributed by atoms with Gasteiger partial charge in [0.25, 0.3) is 5.91 Å². The molecule has 39 heavy (non-hydrogen) atoms. The highest BCUT2D eigenvalue weighted by Crippen LogP contribution is 2.25. The van der Waals surface area contributed by atoms with Gasteiger partial charge in [0.15, 0.2) is 0 Å². The molecule has 5 rings (SSSR count). The van der Waals surface area contributed by atoms with E-state index < -0.39 is 6.04 Å². The van der Waals surface area contributed by atoms with Gasteiger partial charge in [-0.2, -0.15) is 5.26 Å². The van der Waals surface area contributed by atoms with Crippen LogP contribution in [0.1, 0.15) is 27.9 Å². The van der Waals surface area contributed by atoms with Crippen LogP contribution in [-0.2, 0) is 16.2 Å². The van der Waals surface area contributed by atoms with Crippen LogP contribution < -0.4 is 5.32 Å². The highest BCUT2D eigenvalue weighted by molar-refractivity contribution is 6.42. The smallest absolute Gasteiger partial charge is 0.254 e. The van der Waals surface area contributed by atoms with Gasteiger partial charge in [-0.1, -0.05) is 40.5 Å². The van der Waals surface area contributed by atoms with E-state index in [2.05, 4.69) is 15.5 Å². The Morgan fingerprint density at radius 2 is 1.90 bits per heavy atom. The number of aromatic nitrogens is 1. The zero-order valence-corrected chi connectivity index (χ0v) is 22.0. The number of nitrogens with one attached hydrogen (secondary N) is 1. The van der Waals surface area contributed by atoms with E-state index in [4.69, 9.17) is 33.3 Å². The van der Waals surface area contributed by atoms with Gasteiger partial charge in [-0.15, -0.1) is 0 Å². The van der Waals surface area contributed by atoms with Crippen LogP contribution >= 0.6 is 23.2 Å². The van der Waals surface area contributed by atoms with Gasteiger partial charge in [-0.05, 0) is 66.2 Å². The van der Waals surface area contributed by atoms with Crippen LogP contribution in [0.15, 0.2) is 84.1 Å². The van der Waals surface area contributed by atoms with Crippen LogP contribution in [0, 0.1) is 11.3 Å². The van der Waals surface area contributed by atoms with Crippen molar-refractivity contribution in [2.24, 2.45) is 5.16 Å². The van der Waals surface area contributed by atoms with Gasteiger partial charge in [-0.3, -0.25) is 14.6 Å². The summed E-state index contributed by atoms with van der Waals surface area (Å²) in [7, 11) is 0. The van der Waals surface area contributed by atoms with Crippen molar-refractivity contribution in [2.75, 3.05) is 11.9 Å². The Morgan fingerprint density at radius 3 is 2.67 bits per heavy atom. The van der Waals surface area contributed by atoms with Gasteiger partial charge in [0, 0.05) is 29.3 Å². The summed E-state index contributed by atoms with van der Waals surface area (Å²) in [5, 5.41) is 17.9. The van der Waals surface area contributed by atoms with Gasteiger partial charge < -0.3 is 15.1 Å². The maximum atomic E-state index is 13.4. The largest absolute Gasteiger partial charge is 0.391 e. The van der Waals surface area contributed by atoms with Crippen molar-refractivity contribution >= 4 is 57.3 Å². The van der Waals surface area contributed by atoms with Crippen LogP contribution in [0.25, 0.3) is 10.9 Å². The SMILES string of the molecule is N#Cc1ccc(C(=O)N2C/C(=N/OCc3ccc(Cl)c(Cl)c3)C[C@H]2C(=O)Nc2ccc3ncccc3c2)cc1. The number of benzene rings is 3. The fourth-order valence-corrected chi connectivity index (χ4v) is 4.60. The predicted molar refractivity (Wildman–Crippen MR) is 150 cm³/mol. The number of oxime groups is 1. The standard InChI is InChI=1S/C29H21Cl2N5O3/c30-24-9-5-19(12-25(24)31)17-39-35-23-14-27(36(16-23)29(38)20-6-3-18(15-32)4-7-20)28(37)34-22-8-10-26-21(13-22)2-1-11-33-26/h1-13,27H,14,16-17H2,(H,34,37)/b35-23+/t27-/m0/s1. The lowest BCUT2D eigenvalue weighted by molar-refractivity contribution is -0.119. The van der Waals surface area contributed by atoms with Crippen molar-refractivity contribution in [1.29, 1.82) is 5.26 Å². The van der Waals surface area contributed by atoms with Gasteiger partial charge in [0.05, 0.1) is 39.5 Å². The van der Waals surface area contributed by atoms with Crippen molar-refractivity contribution < 1.29 is 14.4 Å². The Bertz CT molecular complexity index is 1630. The molecule has 1 aliphatic rings. The third-order valence-corrected chi connectivity index (χ3v) is 7.00. The monoisotopic (exact) mass is 557 g/mol. The first kappa shape index (κ1) is 26.2. The quantitative estimate of drug-likeness (QED) is 0.299. The normalized spacial score (nSPS) is 15.8. The molecule has 4 aromatic rings. The van der Waals surface area contributed by atoms with E-state index in [9.17, 15) is 9.59 Å². The second-order valence-electron chi connectivity index (χ2n) is 8.92. The molecule has 1 fully saturated rings. The minimum atomic E-state index is -0.815. The van der Waals surface area contributed by atoms with E-state index in [-0.39, 0.29) is 31.4 Å². The van der Waals surface area contributed by atoms with Crippen LogP contribution in [0.3, 0.4) is 0 Å². The molecule has 0 radical (unpaired) electrons. The van der Waals surface area contributed by atoms with E-state index in [0.717, 1.165) is 16.5 Å². The van der Waals surface area contributed by atoms with Crippen molar-refractivity contribution in [1.82, 2.24) is 9.88 Å². The first-order valence-electron chi connectivity index (χ1n) is 12.0. The number of halogens is 2. The number of fused-ring (bicyclic) bond motifs is 1. The Hall–Kier alpha value is -4.45. The van der Waals surface area contributed by atoms with Crippen molar-refractivity contribution in [3.05, 3.63) is 106 Å². The number of hydrogen-bond donors (Lipinski definition) is 1. The number of hydrogen-bond acceptors (Lipinski definition) is 6. The molecule has 0 bridgehead atoms. The molecule has 1 aliphatic heterocycles. The van der Waals surface area contributed by atoms with E-state index in [1.165, 1.54) is 4.90 Å². The van der Waals surface area contributed by atoms with E-state index in [0.29, 0.717) is 32.6 Å². The van der Waals surface area contributed by atoms with Crippen molar-refractivity contribution in [2.45, 2.75) is 19.1 Å². The first-order valence-corrected chi connectivity index (χ1v) is 12.8. The fraction of sp³-hybridized carbons (Fsp3) is 0.138. The number of amides is 2. The lowest BCUT2D eigenvalue weighted by Gasteiger charge is -2.23. The molecule has 0 aliphatic carbocycles. The molecule has 1 aromatic heterocycles. The van der Waals surface area contributed by atoms with E-state index in [1.807, 2.05) is 30.3 Å². The molecule has 8 nitrogen and oxygen atoms in total. The second kappa shape index (κ2) is 11.5. The zero-order valence-electron chi connectivity index (χ0n) is 20.5. The first-order chi connectivity index (χ1) is 18.9. The summed E-state index contributed by atoms with van der Waals surface area (Å²) in [5.41, 5.74) is 3.51. The summed E-state index contributed by atoms with van der Waals surface area (Å²) in [6.07, 6.45) is 1.90. The molecular formula is C29H21Cl2N5O3. The lowest BCUT2D eigenvalue weighted by atomic mass is 10.1. The Morgan fingerprint density at radius 1 is 1.08 bits per heavy atom. The zero-order chi connectivity index (χ0) is 27.4. The van der Waals surface area contributed by atoms with Crippen LogP contribution in [0.4, 0.5) is 5.69 Å². The van der Waals surface area contributed by atoms with Gasteiger partial charge >= 0.3 is 0 Å². The molecule has 3 aromatic carbocycles. The number of carbonyl (C=O) groups excluding carboxylic acids is 2. The fourth-order valence-electron chi connectivity index (χ4n) is 4.28. The molecular weight excluding hydrogens is 537 g/mol. The highest BCUT2D eigenvalue weighted by atomic mass is 35.5. The summed E-state index contributed by atoms with van der Waals surface area (Å²) in [5.74, 6) is -0.702. The Balaban J connectivity index is 1.35. The molecule has 1 saturated heterocycles. The Labute approximate surface area is 234 Å². The molecule has 0 saturated carbocycles. The van der Waals surface area contributed by atoms with Crippen LogP contribution in [-0.4, -0.2) is 40.0 Å². The molecule has 194 valence electrons. The second-order valence-corrected chi connectivity index (χ2v) is 9.74. The molecule has 2 amide bonds. The number of nitriles is 1. The topological polar surface area (TPSA) is 108 Å². The highest BCUT2D eigenvalue weighted by Gasteiger charge is 2.38. The maximum absolute atomic E-state index is 13.4. The molecule has 1 N–H and O–H groups in total. The molecule has 0 unspecified atom stereocenters. The third-order valence-electron chi connectivity index (χ3n) is 6.26. The van der Waals surface area contributed by atoms with E-state index in [1.54, 1.807) is 54.7 Å². The summed E-state index contributed by atoms with van der Waals surface area (Å²) < 4.78 is 0. The third kappa shape index (κ3) is 6.01. The van der Waals surface area contributed by atoms with Crippen LogP contribution in [0.5, 0.6) is 0 Å². The average Bonchev–Trinajstić information content (AvgIpc) is 3.39. The Kier molecular flexibility index (Phi) is 7.73. The minimum absolute atomic E-state index is 0.111. The molecule has 1 atom stereocenters. The lowest BCUT2D eigenvalue weighted by Crippen LogP contribution is -2.43. The van der Waals surface area contributed by atoms with Crippen LogP contribution in [0.2, 0.25) is 10.0 Å². The summed E-state index contributed by atoms with van der Waals surface area (Å²) in [4.78, 5) is 38.1. The minimum Gasteiger partial charge on any atom is -0.391 e. The predicted octanol–water partition coefficient (Wildman–Crippen LogP) is 5.84. The number of rotatable bonds is 6. The number of anilines is 1. The van der Waals surface area contributed by atoms with Crippen molar-refractivity contribution in [3.63, 3.8) is 0 Å². The number of nitrogens with zero attached hydrogens (tertiary/aromatic N) is 4.